The maximum Gasteiger partial charge on any atom is 0.122 e. The quantitative estimate of drug-likeness (QED) is 0.731. The molecule has 4 atom stereocenters. The van der Waals surface area contributed by atoms with Crippen LogP contribution in [0.15, 0.2) is 0 Å². The molecule has 3 heteroatoms. The molecule has 2 aliphatic heterocycles. The van der Waals surface area contributed by atoms with Crippen molar-refractivity contribution in [1.82, 2.24) is 0 Å². The van der Waals surface area contributed by atoms with E-state index in [0.29, 0.717) is 6.42 Å². The first-order valence-corrected chi connectivity index (χ1v) is 5.93. The summed E-state index contributed by atoms with van der Waals surface area (Å²) in [6.07, 6.45) is 1.48. The lowest BCUT2D eigenvalue weighted by Crippen LogP contribution is -2.61. The molecule has 2 saturated heterocycles. The number of rotatable bonds is 2. The number of ether oxygens (including phenoxy) is 1. The molecule has 2 aliphatic rings. The molecule has 2 fully saturated rings. The van der Waals surface area contributed by atoms with Crippen LogP contribution in [-0.4, -0.2) is 33.1 Å². The Bertz CT molecular complexity index is 278. The van der Waals surface area contributed by atoms with Gasteiger partial charge in [0.05, 0.1) is 5.60 Å². The second-order valence-corrected chi connectivity index (χ2v) is 5.64. The monoisotopic (exact) mass is 214 g/mol. The Hall–Kier alpha value is -0.120. The molecule has 0 aromatic rings. The molecule has 0 aliphatic carbocycles. The van der Waals surface area contributed by atoms with Gasteiger partial charge in [-0.1, -0.05) is 20.8 Å². The Labute approximate surface area is 91.4 Å². The fraction of sp³-hybridized carbons (Fsp3) is 1.00. The lowest BCUT2D eigenvalue weighted by molar-refractivity contribution is -0.160. The molecule has 2 N–H and O–H groups in total. The van der Waals surface area contributed by atoms with Crippen molar-refractivity contribution in [2.45, 2.75) is 69.9 Å². The summed E-state index contributed by atoms with van der Waals surface area (Å²) in [6.45, 7) is 7.95. The Balaban J connectivity index is 2.47. The van der Waals surface area contributed by atoms with Crippen LogP contribution >= 0.6 is 0 Å². The van der Waals surface area contributed by atoms with Gasteiger partial charge in [0.15, 0.2) is 0 Å². The van der Waals surface area contributed by atoms with Crippen LogP contribution in [0.25, 0.3) is 0 Å². The zero-order valence-electron chi connectivity index (χ0n) is 10.1. The van der Waals surface area contributed by atoms with Crippen molar-refractivity contribution in [1.29, 1.82) is 0 Å². The molecule has 2 rings (SSSR count). The van der Waals surface area contributed by atoms with Gasteiger partial charge in [0.2, 0.25) is 0 Å². The highest BCUT2D eigenvalue weighted by molar-refractivity contribution is 5.22. The van der Waals surface area contributed by atoms with Gasteiger partial charge in [0, 0.05) is 0 Å². The molecule has 0 aromatic heterocycles. The summed E-state index contributed by atoms with van der Waals surface area (Å²) in [6, 6.07) is 0. The first kappa shape index (κ1) is 11.4. The van der Waals surface area contributed by atoms with Crippen molar-refractivity contribution in [3.8, 4) is 0 Å². The SMILES string of the molecule is CCC1(O)[C@@H](O)[C@]2(C)CC[C@@]1(C(C)C)O2. The zero-order chi connectivity index (χ0) is 11.5. The maximum absolute atomic E-state index is 10.7. The fourth-order valence-corrected chi connectivity index (χ4v) is 3.58. The van der Waals surface area contributed by atoms with Gasteiger partial charge in [-0.3, -0.25) is 0 Å². The van der Waals surface area contributed by atoms with Crippen LogP contribution in [0.4, 0.5) is 0 Å². The average molecular weight is 214 g/mol. The van der Waals surface area contributed by atoms with Crippen molar-refractivity contribution in [2.75, 3.05) is 0 Å². The normalized spacial score (nSPS) is 54.2. The van der Waals surface area contributed by atoms with Crippen LogP contribution in [0.3, 0.4) is 0 Å². The first-order valence-electron chi connectivity index (χ1n) is 5.93. The average Bonchev–Trinajstić information content (AvgIpc) is 2.63. The third-order valence-corrected chi connectivity index (χ3v) is 4.64. The summed E-state index contributed by atoms with van der Waals surface area (Å²) < 4.78 is 6.03. The maximum atomic E-state index is 10.7. The summed E-state index contributed by atoms with van der Waals surface area (Å²) in [5, 5.41) is 20.9. The molecule has 3 nitrogen and oxygen atoms in total. The van der Waals surface area contributed by atoms with Crippen LogP contribution < -0.4 is 0 Å². The third-order valence-electron chi connectivity index (χ3n) is 4.64. The molecule has 0 radical (unpaired) electrons. The first-order chi connectivity index (χ1) is 6.82. The van der Waals surface area contributed by atoms with Crippen LogP contribution in [0.1, 0.15) is 47.0 Å². The summed E-state index contributed by atoms with van der Waals surface area (Å²) in [5.41, 5.74) is -2.17. The highest BCUT2D eigenvalue weighted by atomic mass is 16.6. The van der Waals surface area contributed by atoms with Crippen molar-refractivity contribution >= 4 is 0 Å². The van der Waals surface area contributed by atoms with Crippen molar-refractivity contribution in [3.63, 3.8) is 0 Å². The van der Waals surface area contributed by atoms with Crippen LogP contribution in [-0.2, 0) is 4.74 Å². The van der Waals surface area contributed by atoms with Gasteiger partial charge in [-0.25, -0.2) is 0 Å². The molecule has 1 unspecified atom stereocenters. The van der Waals surface area contributed by atoms with Crippen molar-refractivity contribution < 1.29 is 14.9 Å². The Kier molecular flexibility index (Phi) is 2.25. The number of aliphatic hydroxyl groups excluding tert-OH is 1. The molecule has 15 heavy (non-hydrogen) atoms. The molecule has 0 amide bonds. The van der Waals surface area contributed by atoms with Gasteiger partial charge in [0.1, 0.15) is 17.3 Å². The molecule has 0 aromatic carbocycles. The molecule has 2 bridgehead atoms. The van der Waals surface area contributed by atoms with Gasteiger partial charge in [-0.2, -0.15) is 0 Å². The van der Waals surface area contributed by atoms with E-state index in [9.17, 15) is 10.2 Å². The summed E-state index contributed by atoms with van der Waals surface area (Å²) in [5.74, 6) is 0.224. The molecule has 2 heterocycles. The highest BCUT2D eigenvalue weighted by Gasteiger charge is 2.73. The largest absolute Gasteiger partial charge is 0.387 e. The van der Waals surface area contributed by atoms with Gasteiger partial charge >= 0.3 is 0 Å². The van der Waals surface area contributed by atoms with E-state index in [4.69, 9.17) is 4.74 Å². The van der Waals surface area contributed by atoms with E-state index in [0.717, 1.165) is 12.8 Å². The Morgan fingerprint density at radius 3 is 2.40 bits per heavy atom. The number of fused-ring (bicyclic) bond motifs is 2. The van der Waals surface area contributed by atoms with E-state index in [1.54, 1.807) is 0 Å². The van der Waals surface area contributed by atoms with Gasteiger partial charge in [0.25, 0.3) is 0 Å². The predicted molar refractivity (Wildman–Crippen MR) is 57.5 cm³/mol. The van der Waals surface area contributed by atoms with E-state index in [1.807, 2.05) is 13.8 Å². The minimum atomic E-state index is -1.08. The lowest BCUT2D eigenvalue weighted by Gasteiger charge is -2.45. The fourth-order valence-electron chi connectivity index (χ4n) is 3.58. The van der Waals surface area contributed by atoms with Crippen LogP contribution in [0.5, 0.6) is 0 Å². The van der Waals surface area contributed by atoms with E-state index in [-0.39, 0.29) is 5.92 Å². The zero-order valence-corrected chi connectivity index (χ0v) is 10.1. The third kappa shape index (κ3) is 1.07. The molecule has 88 valence electrons. The smallest absolute Gasteiger partial charge is 0.122 e. The highest BCUT2D eigenvalue weighted by Crippen LogP contribution is 2.60. The summed E-state index contributed by atoms with van der Waals surface area (Å²) >= 11 is 0. The minimum absolute atomic E-state index is 0.224. The van der Waals surface area contributed by atoms with Crippen molar-refractivity contribution in [2.24, 2.45) is 5.92 Å². The summed E-state index contributed by atoms with van der Waals surface area (Å²) in [4.78, 5) is 0. The van der Waals surface area contributed by atoms with Crippen LogP contribution in [0, 0.1) is 5.92 Å². The number of hydrogen-bond acceptors (Lipinski definition) is 3. The van der Waals surface area contributed by atoms with Gasteiger partial charge in [-0.15, -0.1) is 0 Å². The van der Waals surface area contributed by atoms with Gasteiger partial charge in [-0.05, 0) is 32.1 Å². The second-order valence-electron chi connectivity index (χ2n) is 5.64. The molecule has 0 saturated carbocycles. The second kappa shape index (κ2) is 2.96. The number of aliphatic hydroxyl groups is 2. The topological polar surface area (TPSA) is 49.7 Å². The number of hydrogen-bond donors (Lipinski definition) is 2. The lowest BCUT2D eigenvalue weighted by atomic mass is 9.64. The standard InChI is InChI=1S/C12H22O3/c1-5-11(14)9(13)10(4)6-7-12(11,15-10)8(2)3/h8-9,13-14H,5-7H2,1-4H3/t9-,10-,11?,12-/m0/s1. The van der Waals surface area contributed by atoms with E-state index >= 15 is 0 Å². The Morgan fingerprint density at radius 1 is 1.40 bits per heavy atom. The van der Waals surface area contributed by atoms with Gasteiger partial charge < -0.3 is 14.9 Å². The minimum Gasteiger partial charge on any atom is -0.387 e. The van der Waals surface area contributed by atoms with Crippen LogP contribution in [0.2, 0.25) is 0 Å². The van der Waals surface area contributed by atoms with Crippen molar-refractivity contribution in [3.05, 3.63) is 0 Å². The molecular formula is C12H22O3. The Morgan fingerprint density at radius 2 is 2.00 bits per heavy atom. The van der Waals surface area contributed by atoms with E-state index < -0.39 is 22.9 Å². The van der Waals surface area contributed by atoms with E-state index in [2.05, 4.69) is 13.8 Å². The summed E-state index contributed by atoms with van der Waals surface area (Å²) in [7, 11) is 0. The molecular weight excluding hydrogens is 192 g/mol. The predicted octanol–water partition coefficient (Wildman–Crippen LogP) is 1.47. The molecule has 0 spiro atoms. The van der Waals surface area contributed by atoms with E-state index in [1.165, 1.54) is 0 Å².